The SMILES string of the molecule is CCNCc1sc(N(C)C(C)C)nc1C(C)CC. The standard InChI is InChI=1S/C14H27N3S/c1-7-11(5)13-12(9-15-8-2)18-14(16-13)17(6)10(3)4/h10-11,15H,7-9H2,1-6H3. The Balaban J connectivity index is 2.98. The molecule has 1 N–H and O–H groups in total. The van der Waals surface area contributed by atoms with Crippen molar-refractivity contribution >= 4 is 16.5 Å². The molecule has 0 saturated heterocycles. The Kier molecular flexibility index (Phi) is 6.09. The maximum absolute atomic E-state index is 4.86. The largest absolute Gasteiger partial charge is 0.349 e. The van der Waals surface area contributed by atoms with Crippen LogP contribution in [0.25, 0.3) is 0 Å². The molecule has 1 unspecified atom stereocenters. The third-order valence-electron chi connectivity index (χ3n) is 3.41. The van der Waals surface area contributed by atoms with E-state index in [2.05, 4.69) is 51.9 Å². The fourth-order valence-electron chi connectivity index (χ4n) is 1.67. The summed E-state index contributed by atoms with van der Waals surface area (Å²) in [6.45, 7) is 13.0. The van der Waals surface area contributed by atoms with Gasteiger partial charge in [0, 0.05) is 24.5 Å². The lowest BCUT2D eigenvalue weighted by atomic mass is 10.0. The second kappa shape index (κ2) is 7.10. The molecule has 18 heavy (non-hydrogen) atoms. The van der Waals surface area contributed by atoms with Gasteiger partial charge in [0.05, 0.1) is 5.69 Å². The smallest absolute Gasteiger partial charge is 0.185 e. The molecule has 1 atom stereocenters. The average Bonchev–Trinajstić information content (AvgIpc) is 2.78. The lowest BCUT2D eigenvalue weighted by molar-refractivity contribution is 0.674. The van der Waals surface area contributed by atoms with Crippen LogP contribution in [0.3, 0.4) is 0 Å². The molecule has 4 heteroatoms. The Morgan fingerprint density at radius 3 is 2.44 bits per heavy atom. The van der Waals surface area contributed by atoms with Gasteiger partial charge in [-0.1, -0.05) is 20.8 Å². The molecular formula is C14H27N3S. The molecule has 0 spiro atoms. The van der Waals surface area contributed by atoms with Crippen molar-refractivity contribution < 1.29 is 0 Å². The Morgan fingerprint density at radius 1 is 1.28 bits per heavy atom. The van der Waals surface area contributed by atoms with Gasteiger partial charge in [-0.05, 0) is 32.7 Å². The summed E-state index contributed by atoms with van der Waals surface area (Å²) in [6.07, 6.45) is 1.15. The summed E-state index contributed by atoms with van der Waals surface area (Å²) in [5.74, 6) is 0.546. The average molecular weight is 269 g/mol. The topological polar surface area (TPSA) is 28.2 Å². The highest BCUT2D eigenvalue weighted by Crippen LogP contribution is 2.32. The zero-order valence-electron chi connectivity index (χ0n) is 12.6. The van der Waals surface area contributed by atoms with Gasteiger partial charge in [0.15, 0.2) is 5.13 Å². The molecule has 0 fully saturated rings. The molecule has 0 radical (unpaired) electrons. The minimum atomic E-state index is 0.493. The lowest BCUT2D eigenvalue weighted by Crippen LogP contribution is -2.25. The molecule has 1 heterocycles. The molecule has 1 aromatic rings. The Labute approximate surface area is 116 Å². The molecular weight excluding hydrogens is 242 g/mol. The van der Waals surface area contributed by atoms with Crippen molar-refractivity contribution in [1.82, 2.24) is 10.3 Å². The first-order chi connectivity index (χ1) is 8.51. The van der Waals surface area contributed by atoms with Crippen LogP contribution >= 0.6 is 11.3 Å². The molecule has 0 bridgehead atoms. The number of hydrogen-bond donors (Lipinski definition) is 1. The number of anilines is 1. The Morgan fingerprint density at radius 2 is 1.94 bits per heavy atom. The molecule has 3 nitrogen and oxygen atoms in total. The quantitative estimate of drug-likeness (QED) is 0.819. The van der Waals surface area contributed by atoms with Gasteiger partial charge in [0.1, 0.15) is 0 Å². The number of hydrogen-bond acceptors (Lipinski definition) is 4. The first-order valence-electron chi connectivity index (χ1n) is 6.94. The molecule has 0 aliphatic rings. The van der Waals surface area contributed by atoms with E-state index in [0.717, 1.165) is 24.6 Å². The van der Waals surface area contributed by atoms with E-state index < -0.39 is 0 Å². The highest BCUT2D eigenvalue weighted by Gasteiger charge is 2.18. The molecule has 0 aliphatic carbocycles. The predicted octanol–water partition coefficient (Wildman–Crippen LogP) is 3.61. The monoisotopic (exact) mass is 269 g/mol. The first-order valence-corrected chi connectivity index (χ1v) is 7.75. The molecule has 104 valence electrons. The van der Waals surface area contributed by atoms with Gasteiger partial charge >= 0.3 is 0 Å². The molecule has 1 rings (SSSR count). The summed E-state index contributed by atoms with van der Waals surface area (Å²) in [6, 6.07) is 0.493. The van der Waals surface area contributed by atoms with E-state index in [0.29, 0.717) is 12.0 Å². The number of thiazole rings is 1. The Bertz CT molecular complexity index is 360. The van der Waals surface area contributed by atoms with Gasteiger partial charge in [-0.25, -0.2) is 4.98 Å². The van der Waals surface area contributed by atoms with Gasteiger partial charge in [0.2, 0.25) is 0 Å². The van der Waals surface area contributed by atoms with E-state index >= 15 is 0 Å². The van der Waals surface area contributed by atoms with E-state index in [1.165, 1.54) is 10.6 Å². The van der Waals surface area contributed by atoms with Crippen LogP contribution in [0.15, 0.2) is 0 Å². The van der Waals surface area contributed by atoms with Crippen LogP contribution in [-0.4, -0.2) is 24.6 Å². The molecule has 0 amide bonds. The van der Waals surface area contributed by atoms with Crippen molar-refractivity contribution in [3.63, 3.8) is 0 Å². The lowest BCUT2D eigenvalue weighted by Gasteiger charge is -2.20. The summed E-state index contributed by atoms with van der Waals surface area (Å²) in [4.78, 5) is 8.51. The van der Waals surface area contributed by atoms with Crippen LogP contribution in [0.2, 0.25) is 0 Å². The highest BCUT2D eigenvalue weighted by atomic mass is 32.1. The van der Waals surface area contributed by atoms with E-state index in [9.17, 15) is 0 Å². The normalized spacial score (nSPS) is 13.1. The van der Waals surface area contributed by atoms with Crippen LogP contribution in [0.4, 0.5) is 5.13 Å². The van der Waals surface area contributed by atoms with E-state index in [1.807, 2.05) is 11.3 Å². The highest BCUT2D eigenvalue weighted by molar-refractivity contribution is 7.15. The van der Waals surface area contributed by atoms with Crippen LogP contribution in [0, 0.1) is 0 Å². The predicted molar refractivity (Wildman–Crippen MR) is 81.7 cm³/mol. The van der Waals surface area contributed by atoms with Crippen molar-refractivity contribution in [2.24, 2.45) is 0 Å². The van der Waals surface area contributed by atoms with Gasteiger partial charge in [-0.2, -0.15) is 0 Å². The summed E-state index contributed by atoms with van der Waals surface area (Å²) in [7, 11) is 2.13. The zero-order chi connectivity index (χ0) is 13.7. The minimum Gasteiger partial charge on any atom is -0.349 e. The van der Waals surface area contributed by atoms with Gasteiger partial charge in [-0.3, -0.25) is 0 Å². The van der Waals surface area contributed by atoms with E-state index in [-0.39, 0.29) is 0 Å². The zero-order valence-corrected chi connectivity index (χ0v) is 13.4. The number of rotatable bonds is 7. The van der Waals surface area contributed by atoms with Crippen LogP contribution in [0.1, 0.15) is 57.5 Å². The minimum absolute atomic E-state index is 0.493. The summed E-state index contributed by atoms with van der Waals surface area (Å²) in [5, 5.41) is 4.56. The van der Waals surface area contributed by atoms with Gasteiger partial charge < -0.3 is 10.2 Å². The molecule has 0 aliphatic heterocycles. The second-order valence-electron chi connectivity index (χ2n) is 5.10. The van der Waals surface area contributed by atoms with Crippen molar-refractivity contribution in [3.8, 4) is 0 Å². The number of nitrogens with zero attached hydrogens (tertiary/aromatic N) is 2. The number of aromatic nitrogens is 1. The third-order valence-corrected chi connectivity index (χ3v) is 4.57. The van der Waals surface area contributed by atoms with Crippen LogP contribution < -0.4 is 10.2 Å². The third kappa shape index (κ3) is 3.69. The van der Waals surface area contributed by atoms with Crippen molar-refractivity contribution in [2.45, 2.75) is 59.5 Å². The summed E-state index contributed by atoms with van der Waals surface area (Å²) in [5.41, 5.74) is 1.28. The molecule has 0 saturated carbocycles. The first kappa shape index (κ1) is 15.4. The molecule has 1 aromatic heterocycles. The van der Waals surface area contributed by atoms with Crippen LogP contribution in [0.5, 0.6) is 0 Å². The fourth-order valence-corrected chi connectivity index (χ4v) is 2.91. The summed E-state index contributed by atoms with van der Waals surface area (Å²) >= 11 is 1.83. The van der Waals surface area contributed by atoms with E-state index in [4.69, 9.17) is 4.98 Å². The number of nitrogens with one attached hydrogen (secondary N) is 1. The van der Waals surface area contributed by atoms with Crippen molar-refractivity contribution in [2.75, 3.05) is 18.5 Å². The Hall–Kier alpha value is -0.610. The van der Waals surface area contributed by atoms with Gasteiger partial charge in [-0.15, -0.1) is 11.3 Å². The maximum atomic E-state index is 4.86. The summed E-state index contributed by atoms with van der Waals surface area (Å²) < 4.78 is 0. The fraction of sp³-hybridized carbons (Fsp3) is 0.786. The van der Waals surface area contributed by atoms with Crippen LogP contribution in [-0.2, 0) is 6.54 Å². The second-order valence-corrected chi connectivity index (χ2v) is 6.16. The molecule has 0 aromatic carbocycles. The van der Waals surface area contributed by atoms with Crippen molar-refractivity contribution in [3.05, 3.63) is 10.6 Å². The van der Waals surface area contributed by atoms with E-state index in [1.54, 1.807) is 0 Å². The van der Waals surface area contributed by atoms with Gasteiger partial charge in [0.25, 0.3) is 0 Å². The van der Waals surface area contributed by atoms with Crippen molar-refractivity contribution in [1.29, 1.82) is 0 Å². The maximum Gasteiger partial charge on any atom is 0.185 e.